The number of hydrazine groups is 1. The Morgan fingerprint density at radius 2 is 2.14 bits per heavy atom. The summed E-state index contributed by atoms with van der Waals surface area (Å²) in [6.45, 7) is 0.542. The van der Waals surface area contributed by atoms with Crippen molar-refractivity contribution in [1.82, 2.24) is 5.43 Å². The van der Waals surface area contributed by atoms with E-state index < -0.39 is 0 Å². The molecule has 1 atom stereocenters. The van der Waals surface area contributed by atoms with Crippen LogP contribution in [0.1, 0.15) is 0 Å². The number of para-hydroxylation sites is 2. The van der Waals surface area contributed by atoms with Crippen LogP contribution in [-0.4, -0.2) is 18.5 Å². The lowest BCUT2D eigenvalue weighted by Crippen LogP contribution is -2.48. The molecule has 0 saturated heterocycles. The number of rotatable bonds is 1. The highest BCUT2D eigenvalue weighted by atomic mass is 16.2. The molecular formula is C9H12N4O. The molecular weight excluding hydrogens is 180 g/mol. The second-order valence-electron chi connectivity index (χ2n) is 3.13. The third-order valence-electron chi connectivity index (χ3n) is 2.21. The molecule has 1 heterocycles. The first-order chi connectivity index (χ1) is 6.81. The van der Waals surface area contributed by atoms with Gasteiger partial charge in [-0.25, -0.2) is 5.84 Å². The first kappa shape index (κ1) is 8.83. The molecule has 1 aliphatic rings. The van der Waals surface area contributed by atoms with Crippen LogP contribution in [0.4, 0.5) is 11.4 Å². The first-order valence-corrected chi connectivity index (χ1v) is 4.41. The number of hydrogen-bond donors (Lipinski definition) is 4. The van der Waals surface area contributed by atoms with Gasteiger partial charge in [0.2, 0.25) is 0 Å². The summed E-state index contributed by atoms with van der Waals surface area (Å²) in [5, 5.41) is 6.24. The molecule has 1 aliphatic heterocycles. The van der Waals surface area contributed by atoms with Crippen molar-refractivity contribution in [2.75, 3.05) is 17.2 Å². The number of carbonyl (C=O) groups is 1. The van der Waals surface area contributed by atoms with Gasteiger partial charge in [0.05, 0.1) is 11.4 Å². The zero-order valence-corrected chi connectivity index (χ0v) is 7.58. The Morgan fingerprint density at radius 3 is 2.86 bits per heavy atom. The smallest absolute Gasteiger partial charge is 0.258 e. The van der Waals surface area contributed by atoms with Gasteiger partial charge in [0.1, 0.15) is 6.04 Å². The maximum Gasteiger partial charge on any atom is 0.258 e. The molecule has 0 aromatic heterocycles. The van der Waals surface area contributed by atoms with Gasteiger partial charge in [-0.05, 0) is 12.1 Å². The van der Waals surface area contributed by atoms with Crippen molar-refractivity contribution in [1.29, 1.82) is 0 Å². The zero-order valence-electron chi connectivity index (χ0n) is 7.58. The Balaban J connectivity index is 2.17. The molecule has 1 unspecified atom stereocenters. The van der Waals surface area contributed by atoms with Crippen molar-refractivity contribution in [3.8, 4) is 0 Å². The minimum absolute atomic E-state index is 0.216. The molecule has 0 bridgehead atoms. The molecule has 0 spiro atoms. The van der Waals surface area contributed by atoms with Crippen molar-refractivity contribution in [2.45, 2.75) is 6.04 Å². The highest BCUT2D eigenvalue weighted by Crippen LogP contribution is 2.24. The van der Waals surface area contributed by atoms with Gasteiger partial charge in [-0.3, -0.25) is 10.2 Å². The van der Waals surface area contributed by atoms with Crippen LogP contribution in [0.5, 0.6) is 0 Å². The second kappa shape index (κ2) is 3.55. The molecule has 0 aliphatic carbocycles. The number of carbonyl (C=O) groups excluding carboxylic acids is 1. The minimum Gasteiger partial charge on any atom is -0.381 e. The number of hydrogen-bond acceptors (Lipinski definition) is 4. The third kappa shape index (κ3) is 1.49. The lowest BCUT2D eigenvalue weighted by molar-refractivity contribution is -0.121. The monoisotopic (exact) mass is 192 g/mol. The quantitative estimate of drug-likeness (QED) is 0.284. The molecule has 1 aromatic carbocycles. The van der Waals surface area contributed by atoms with Gasteiger partial charge in [0.15, 0.2) is 0 Å². The summed E-state index contributed by atoms with van der Waals surface area (Å²) in [6, 6.07) is 7.42. The lowest BCUT2D eigenvalue weighted by atomic mass is 10.1. The van der Waals surface area contributed by atoms with Crippen LogP contribution < -0.4 is 21.9 Å². The van der Waals surface area contributed by atoms with Gasteiger partial charge >= 0.3 is 0 Å². The predicted molar refractivity (Wildman–Crippen MR) is 54.7 cm³/mol. The van der Waals surface area contributed by atoms with Gasteiger partial charge in [0, 0.05) is 6.54 Å². The van der Waals surface area contributed by atoms with E-state index in [2.05, 4.69) is 16.1 Å². The van der Waals surface area contributed by atoms with Crippen molar-refractivity contribution in [2.24, 2.45) is 5.84 Å². The van der Waals surface area contributed by atoms with E-state index in [1.165, 1.54) is 0 Å². The summed E-state index contributed by atoms with van der Waals surface area (Å²) in [5.41, 5.74) is 4.06. The number of nitrogens with two attached hydrogens (primary N) is 1. The van der Waals surface area contributed by atoms with Crippen molar-refractivity contribution < 1.29 is 4.79 Å². The Hall–Kier alpha value is -1.75. The number of nitrogens with one attached hydrogen (secondary N) is 3. The average Bonchev–Trinajstić information content (AvgIpc) is 2.27. The fourth-order valence-electron chi connectivity index (χ4n) is 1.47. The Labute approximate surface area is 81.6 Å². The Kier molecular flexibility index (Phi) is 2.24. The molecule has 0 saturated carbocycles. The first-order valence-electron chi connectivity index (χ1n) is 4.41. The molecule has 5 nitrogen and oxygen atoms in total. The third-order valence-corrected chi connectivity index (χ3v) is 2.21. The molecule has 1 aromatic rings. The maximum atomic E-state index is 11.2. The lowest BCUT2D eigenvalue weighted by Gasteiger charge is -2.26. The number of benzene rings is 1. The summed E-state index contributed by atoms with van der Waals surface area (Å²) in [6.07, 6.45) is 0. The van der Waals surface area contributed by atoms with E-state index in [-0.39, 0.29) is 11.9 Å². The molecule has 1 amide bonds. The minimum atomic E-state index is -0.310. The normalized spacial score (nSPS) is 18.8. The van der Waals surface area contributed by atoms with Crippen LogP contribution in [0.15, 0.2) is 24.3 Å². The molecule has 5 heteroatoms. The SMILES string of the molecule is NNC(=O)C1CNc2ccccc2N1. The number of anilines is 2. The molecule has 74 valence electrons. The van der Waals surface area contributed by atoms with E-state index in [0.717, 1.165) is 11.4 Å². The van der Waals surface area contributed by atoms with Gasteiger partial charge in [-0.15, -0.1) is 0 Å². The maximum absolute atomic E-state index is 11.2. The van der Waals surface area contributed by atoms with Crippen molar-refractivity contribution in [3.63, 3.8) is 0 Å². The largest absolute Gasteiger partial charge is 0.381 e. The topological polar surface area (TPSA) is 79.2 Å². The van der Waals surface area contributed by atoms with Gasteiger partial charge in [-0.2, -0.15) is 0 Å². The summed E-state index contributed by atoms with van der Waals surface area (Å²) in [5.74, 6) is 4.84. The van der Waals surface area contributed by atoms with Gasteiger partial charge in [0.25, 0.3) is 5.91 Å². The van der Waals surface area contributed by atoms with Gasteiger partial charge < -0.3 is 10.6 Å². The summed E-state index contributed by atoms with van der Waals surface area (Å²) >= 11 is 0. The summed E-state index contributed by atoms with van der Waals surface area (Å²) < 4.78 is 0. The van der Waals surface area contributed by atoms with Crippen LogP contribution in [0.3, 0.4) is 0 Å². The number of fused-ring (bicyclic) bond motifs is 1. The summed E-state index contributed by atoms with van der Waals surface area (Å²) in [7, 11) is 0. The fraction of sp³-hybridized carbons (Fsp3) is 0.222. The average molecular weight is 192 g/mol. The fourth-order valence-corrected chi connectivity index (χ4v) is 1.47. The van der Waals surface area contributed by atoms with Crippen LogP contribution in [0.2, 0.25) is 0 Å². The number of amides is 1. The second-order valence-corrected chi connectivity index (χ2v) is 3.13. The highest BCUT2D eigenvalue weighted by molar-refractivity contribution is 5.88. The zero-order chi connectivity index (χ0) is 9.97. The predicted octanol–water partition coefficient (Wildman–Crippen LogP) is -0.117. The van der Waals surface area contributed by atoms with Crippen LogP contribution in [-0.2, 0) is 4.79 Å². The molecule has 2 rings (SSSR count). The highest BCUT2D eigenvalue weighted by Gasteiger charge is 2.22. The standard InChI is InChI=1S/C9H12N4O/c10-13-9(14)8-5-11-6-3-1-2-4-7(6)12-8/h1-4,8,11-12H,5,10H2,(H,13,14). The van der Waals surface area contributed by atoms with E-state index in [1.807, 2.05) is 24.3 Å². The summed E-state index contributed by atoms with van der Waals surface area (Å²) in [4.78, 5) is 11.2. The molecule has 5 N–H and O–H groups in total. The van der Waals surface area contributed by atoms with Crippen LogP contribution in [0, 0.1) is 0 Å². The van der Waals surface area contributed by atoms with Gasteiger partial charge in [-0.1, -0.05) is 12.1 Å². The molecule has 0 radical (unpaired) electrons. The Morgan fingerprint density at radius 1 is 1.43 bits per heavy atom. The van der Waals surface area contributed by atoms with E-state index in [4.69, 9.17) is 5.84 Å². The van der Waals surface area contributed by atoms with E-state index in [0.29, 0.717) is 6.54 Å². The van der Waals surface area contributed by atoms with Crippen molar-refractivity contribution >= 4 is 17.3 Å². The van der Waals surface area contributed by atoms with Crippen LogP contribution >= 0.6 is 0 Å². The molecule has 0 fully saturated rings. The van der Waals surface area contributed by atoms with Crippen molar-refractivity contribution in [3.05, 3.63) is 24.3 Å². The molecule has 14 heavy (non-hydrogen) atoms. The van der Waals surface area contributed by atoms with E-state index in [9.17, 15) is 4.79 Å². The Bertz CT molecular complexity index is 352. The van der Waals surface area contributed by atoms with E-state index in [1.54, 1.807) is 0 Å². The van der Waals surface area contributed by atoms with E-state index >= 15 is 0 Å². The van der Waals surface area contributed by atoms with Crippen LogP contribution in [0.25, 0.3) is 0 Å².